The van der Waals surface area contributed by atoms with Gasteiger partial charge >= 0.3 is 0 Å². The van der Waals surface area contributed by atoms with E-state index < -0.39 is 5.41 Å². The number of para-hydroxylation sites is 1. The molecular weight excluding hydrogens is 767 g/mol. The molecule has 0 radical (unpaired) electrons. The van der Waals surface area contributed by atoms with E-state index in [-0.39, 0.29) is 0 Å². The number of hydrogen-bond donors (Lipinski definition) is 0. The zero-order valence-electron chi connectivity index (χ0n) is 34.0. The number of fused-ring (bicyclic) bond motifs is 16. The number of rotatable bonds is 4. The molecule has 292 valence electrons. The van der Waals surface area contributed by atoms with E-state index in [4.69, 9.17) is 14.4 Å². The average molecular weight is 802 g/mol. The minimum Gasteiger partial charge on any atom is -0.450 e. The van der Waals surface area contributed by atoms with Crippen molar-refractivity contribution in [3.63, 3.8) is 0 Å². The van der Waals surface area contributed by atoms with E-state index in [1.165, 1.54) is 55.6 Å². The maximum atomic E-state index is 6.90. The van der Waals surface area contributed by atoms with Crippen molar-refractivity contribution < 1.29 is 4.42 Å². The van der Waals surface area contributed by atoms with E-state index in [1.807, 2.05) is 18.2 Å². The molecule has 0 bridgehead atoms. The minimum absolute atomic E-state index is 0.418. The Morgan fingerprint density at radius 3 is 1.60 bits per heavy atom. The molecule has 12 aromatic rings. The molecule has 3 heterocycles. The van der Waals surface area contributed by atoms with Gasteiger partial charge < -0.3 is 4.42 Å². The van der Waals surface area contributed by atoms with Gasteiger partial charge in [0.15, 0.2) is 17.2 Å². The molecule has 14 rings (SSSR count). The third kappa shape index (κ3) is 4.69. The molecule has 0 unspecified atom stereocenters. The molecule has 0 saturated heterocycles. The summed E-state index contributed by atoms with van der Waals surface area (Å²) in [7, 11) is 0. The van der Waals surface area contributed by atoms with Gasteiger partial charge in [-0.05, 0) is 103 Å². The zero-order valence-corrected chi connectivity index (χ0v) is 34.0. The number of furan rings is 1. The molecule has 0 fully saturated rings. The van der Waals surface area contributed by atoms with Crippen LogP contribution < -0.4 is 0 Å². The molecule has 0 N–H and O–H groups in total. The Hall–Kier alpha value is -8.34. The van der Waals surface area contributed by atoms with E-state index in [9.17, 15) is 0 Å². The Labute approximate surface area is 363 Å². The van der Waals surface area contributed by atoms with Crippen LogP contribution in [0.5, 0.6) is 0 Å². The normalized spacial score (nSPS) is 13.2. The van der Waals surface area contributed by atoms with Crippen molar-refractivity contribution in [1.29, 1.82) is 0 Å². The van der Waals surface area contributed by atoms with Crippen molar-refractivity contribution in [3.8, 4) is 61.7 Å². The fraction of sp³-hybridized carbons (Fsp3) is 0.0169. The van der Waals surface area contributed by atoms with Gasteiger partial charge in [0.2, 0.25) is 0 Å². The SMILES string of the molecule is c1ccc(-c2ccc3c(c2)c2ccccc2n3-c2nc(-c3ccccc3)nc3c2oc2ccc(-c4ccc5c(c4)C4(c6ccccc6-c6ccccc64)c4ccccc4-5)cc23)cc1. The summed E-state index contributed by atoms with van der Waals surface area (Å²) in [5, 5.41) is 3.26. The van der Waals surface area contributed by atoms with Crippen molar-refractivity contribution >= 4 is 43.9 Å². The van der Waals surface area contributed by atoms with Crippen LogP contribution in [-0.2, 0) is 5.41 Å². The largest absolute Gasteiger partial charge is 0.450 e. The lowest BCUT2D eigenvalue weighted by Crippen LogP contribution is -2.25. The Morgan fingerprint density at radius 2 is 0.889 bits per heavy atom. The van der Waals surface area contributed by atoms with Crippen LogP contribution >= 0.6 is 0 Å². The first-order chi connectivity index (χ1) is 31.2. The van der Waals surface area contributed by atoms with E-state index in [0.717, 1.165) is 55.0 Å². The van der Waals surface area contributed by atoms with Crippen molar-refractivity contribution in [1.82, 2.24) is 14.5 Å². The summed E-state index contributed by atoms with van der Waals surface area (Å²) < 4.78 is 9.16. The van der Waals surface area contributed by atoms with Gasteiger partial charge in [0.1, 0.15) is 11.1 Å². The van der Waals surface area contributed by atoms with Crippen LogP contribution in [0.25, 0.3) is 106 Å². The first-order valence-corrected chi connectivity index (χ1v) is 21.6. The highest BCUT2D eigenvalue weighted by Crippen LogP contribution is 2.63. The first kappa shape index (κ1) is 34.4. The lowest BCUT2D eigenvalue weighted by molar-refractivity contribution is 0.662. The molecule has 2 aliphatic rings. The monoisotopic (exact) mass is 801 g/mol. The molecule has 3 aromatic heterocycles. The van der Waals surface area contributed by atoms with Gasteiger partial charge in [-0.3, -0.25) is 4.57 Å². The second kappa shape index (κ2) is 12.8. The molecule has 0 amide bonds. The smallest absolute Gasteiger partial charge is 0.197 e. The summed E-state index contributed by atoms with van der Waals surface area (Å²) >= 11 is 0. The summed E-state index contributed by atoms with van der Waals surface area (Å²) in [6.07, 6.45) is 0. The maximum Gasteiger partial charge on any atom is 0.197 e. The van der Waals surface area contributed by atoms with Gasteiger partial charge in [0.05, 0.1) is 16.4 Å². The number of benzene rings is 9. The first-order valence-electron chi connectivity index (χ1n) is 21.6. The minimum atomic E-state index is -0.418. The van der Waals surface area contributed by atoms with Crippen molar-refractivity contribution in [2.24, 2.45) is 0 Å². The Bertz CT molecular complexity index is 3800. The molecule has 0 aliphatic heterocycles. The highest BCUT2D eigenvalue weighted by Gasteiger charge is 2.51. The van der Waals surface area contributed by atoms with Crippen LogP contribution in [0.1, 0.15) is 22.3 Å². The Morgan fingerprint density at radius 1 is 0.365 bits per heavy atom. The van der Waals surface area contributed by atoms with Crippen LogP contribution in [0.15, 0.2) is 217 Å². The van der Waals surface area contributed by atoms with Crippen LogP contribution in [0.3, 0.4) is 0 Å². The van der Waals surface area contributed by atoms with Crippen molar-refractivity contribution in [2.45, 2.75) is 5.41 Å². The Balaban J connectivity index is 0.999. The molecule has 63 heavy (non-hydrogen) atoms. The number of nitrogens with zero attached hydrogens (tertiary/aromatic N) is 3. The van der Waals surface area contributed by atoms with Crippen molar-refractivity contribution in [2.75, 3.05) is 0 Å². The van der Waals surface area contributed by atoms with Gasteiger partial charge in [0, 0.05) is 21.7 Å². The standard InChI is InChI=1S/C59H35N3O/c1-3-15-36(16-4-1)38-28-31-53-46(33-38)45-22-10-14-26-52(45)62(53)58-56-55(60-57(61-58)37-17-5-2-6-18-37)47-34-39(29-32-54(47)63-56)40-27-30-44-43-21-9-13-25-50(43)59(51(44)35-40)48-23-11-7-19-41(48)42-20-8-12-24-49(42)59/h1-35H. The maximum absolute atomic E-state index is 6.90. The predicted octanol–water partition coefficient (Wildman–Crippen LogP) is 14.8. The van der Waals surface area contributed by atoms with Crippen LogP contribution in [0.4, 0.5) is 0 Å². The number of hydrogen-bond acceptors (Lipinski definition) is 3. The molecule has 4 nitrogen and oxygen atoms in total. The Kier molecular flexibility index (Phi) is 7.01. The second-order valence-corrected chi connectivity index (χ2v) is 16.8. The molecule has 0 atom stereocenters. The fourth-order valence-corrected chi connectivity index (χ4v) is 11.0. The third-order valence-electron chi connectivity index (χ3n) is 13.6. The zero-order chi connectivity index (χ0) is 41.2. The van der Waals surface area contributed by atoms with Gasteiger partial charge in [-0.1, -0.05) is 176 Å². The predicted molar refractivity (Wildman–Crippen MR) is 256 cm³/mol. The van der Waals surface area contributed by atoms with E-state index in [2.05, 4.69) is 199 Å². The molecular formula is C59H35N3O. The van der Waals surface area contributed by atoms with Gasteiger partial charge in [-0.15, -0.1) is 0 Å². The summed E-state index contributed by atoms with van der Waals surface area (Å²) in [6.45, 7) is 0. The van der Waals surface area contributed by atoms with E-state index in [1.54, 1.807) is 0 Å². The number of aromatic nitrogens is 3. The summed E-state index contributed by atoms with van der Waals surface area (Å²) in [5.41, 5.74) is 19.9. The molecule has 2 aliphatic carbocycles. The molecule has 4 heteroatoms. The lowest BCUT2D eigenvalue weighted by Gasteiger charge is -2.30. The van der Waals surface area contributed by atoms with Gasteiger partial charge in [-0.25, -0.2) is 9.97 Å². The third-order valence-corrected chi connectivity index (χ3v) is 13.6. The summed E-state index contributed by atoms with van der Waals surface area (Å²) in [6, 6.07) is 76.7. The fourth-order valence-electron chi connectivity index (χ4n) is 11.0. The highest BCUT2D eigenvalue weighted by atomic mass is 16.3. The molecule has 9 aromatic carbocycles. The van der Waals surface area contributed by atoms with Gasteiger partial charge in [0.25, 0.3) is 0 Å². The second-order valence-electron chi connectivity index (χ2n) is 16.8. The van der Waals surface area contributed by atoms with E-state index >= 15 is 0 Å². The molecule has 1 spiro atoms. The molecule has 0 saturated carbocycles. The van der Waals surface area contributed by atoms with Crippen LogP contribution in [0.2, 0.25) is 0 Å². The summed E-state index contributed by atoms with van der Waals surface area (Å²) in [4.78, 5) is 10.7. The quantitative estimate of drug-likeness (QED) is 0.178. The summed E-state index contributed by atoms with van der Waals surface area (Å²) in [5.74, 6) is 1.36. The van der Waals surface area contributed by atoms with E-state index in [0.29, 0.717) is 17.2 Å². The van der Waals surface area contributed by atoms with Gasteiger partial charge in [-0.2, -0.15) is 0 Å². The topological polar surface area (TPSA) is 43.9 Å². The van der Waals surface area contributed by atoms with Crippen LogP contribution in [0, 0.1) is 0 Å². The highest BCUT2D eigenvalue weighted by molar-refractivity contribution is 6.13. The lowest BCUT2D eigenvalue weighted by atomic mass is 9.70. The van der Waals surface area contributed by atoms with Crippen molar-refractivity contribution in [3.05, 3.63) is 235 Å². The van der Waals surface area contributed by atoms with Crippen LogP contribution in [-0.4, -0.2) is 14.5 Å². The average Bonchev–Trinajstić information content (AvgIpc) is 4.07.